The quantitative estimate of drug-likeness (QED) is 0.374. The predicted octanol–water partition coefficient (Wildman–Crippen LogP) is 4.40. The molecule has 0 radical (unpaired) electrons. The number of halogens is 1. The lowest BCUT2D eigenvalue weighted by Crippen LogP contribution is -2.40. The number of nitrogens with zero attached hydrogens (tertiary/aromatic N) is 2. The van der Waals surface area contributed by atoms with Crippen molar-refractivity contribution in [3.8, 4) is 0 Å². The summed E-state index contributed by atoms with van der Waals surface area (Å²) in [6.07, 6.45) is 4.71. The van der Waals surface area contributed by atoms with Crippen molar-refractivity contribution >= 4 is 45.7 Å². The zero-order valence-electron chi connectivity index (χ0n) is 22.8. The normalized spacial score (nSPS) is 17.1. The first-order chi connectivity index (χ1) is 17.2. The maximum Gasteiger partial charge on any atom is 0.259 e. The summed E-state index contributed by atoms with van der Waals surface area (Å²) >= 11 is 0. The van der Waals surface area contributed by atoms with Crippen LogP contribution in [0, 0.1) is 5.41 Å². The van der Waals surface area contributed by atoms with Gasteiger partial charge in [0.15, 0.2) is 0 Å². The van der Waals surface area contributed by atoms with Crippen molar-refractivity contribution < 1.29 is 18.3 Å². The maximum atomic E-state index is 13.5. The van der Waals surface area contributed by atoms with Gasteiger partial charge in [-0.1, -0.05) is 6.07 Å². The molecule has 2 fully saturated rings. The summed E-state index contributed by atoms with van der Waals surface area (Å²) in [5, 5.41) is 15.8. The Morgan fingerprint density at radius 3 is 2.29 bits per heavy atom. The van der Waals surface area contributed by atoms with E-state index in [2.05, 4.69) is 20.3 Å². The third-order valence-corrected chi connectivity index (χ3v) is 8.66. The van der Waals surface area contributed by atoms with Crippen LogP contribution in [0.15, 0.2) is 41.3 Å². The Morgan fingerprint density at radius 2 is 1.71 bits per heavy atom. The summed E-state index contributed by atoms with van der Waals surface area (Å²) in [6.45, 7) is 10.7. The van der Waals surface area contributed by atoms with E-state index in [1.165, 1.54) is 25.0 Å². The molecule has 1 saturated carbocycles. The number of pyridine rings is 1. The molecule has 38 heavy (non-hydrogen) atoms. The van der Waals surface area contributed by atoms with Crippen LogP contribution in [0.25, 0.3) is 0 Å². The van der Waals surface area contributed by atoms with E-state index in [9.17, 15) is 18.3 Å². The molecule has 210 valence electrons. The van der Waals surface area contributed by atoms with Crippen LogP contribution in [-0.4, -0.2) is 55.2 Å². The van der Waals surface area contributed by atoms with E-state index >= 15 is 0 Å². The van der Waals surface area contributed by atoms with Crippen LogP contribution in [0.5, 0.6) is 0 Å². The molecule has 4 rings (SSSR count). The lowest BCUT2D eigenvalue weighted by molar-refractivity contribution is 0.102. The van der Waals surface area contributed by atoms with Crippen molar-refractivity contribution in [1.29, 1.82) is 0 Å². The second-order valence-electron chi connectivity index (χ2n) is 12.1. The first-order valence-electron chi connectivity index (χ1n) is 12.8. The fourth-order valence-corrected chi connectivity index (χ4v) is 6.06. The maximum absolute atomic E-state index is 13.5. The van der Waals surface area contributed by atoms with Crippen LogP contribution in [0.3, 0.4) is 0 Å². The number of sulfonamides is 1. The molecular weight excluding hydrogens is 526 g/mol. The van der Waals surface area contributed by atoms with E-state index in [-0.39, 0.29) is 29.8 Å². The number of aromatic nitrogens is 1. The second kappa shape index (κ2) is 11.0. The lowest BCUT2D eigenvalue weighted by atomic mass is 9.93. The monoisotopic (exact) mass is 565 g/mol. The number of rotatable bonds is 8. The van der Waals surface area contributed by atoms with Crippen molar-refractivity contribution in [2.24, 2.45) is 5.41 Å². The third-order valence-electron chi connectivity index (χ3n) is 6.90. The minimum Gasteiger partial charge on any atom is -0.394 e. The number of benzene rings is 1. The first-order valence-corrected chi connectivity index (χ1v) is 14.3. The average molecular weight is 566 g/mol. The number of piperidine rings is 1. The number of carbonyl (C=O) groups is 1. The Balaban J connectivity index is 0.00000400. The van der Waals surface area contributed by atoms with E-state index in [1.54, 1.807) is 45.0 Å². The topological polar surface area (TPSA) is 124 Å². The molecule has 0 atom stereocenters. The minimum absolute atomic E-state index is 0. The van der Waals surface area contributed by atoms with E-state index in [4.69, 9.17) is 4.98 Å². The SMILES string of the molecule is CC(C)(C)NS(=O)(=O)c1cccc(NC(=O)c2ccc(NC(C)(C)CO)nc2N2CCC3(CC2)CC3)c1.Cl. The van der Waals surface area contributed by atoms with Gasteiger partial charge in [0.1, 0.15) is 11.6 Å². The Hall–Kier alpha value is -2.40. The van der Waals surface area contributed by atoms with E-state index in [0.29, 0.717) is 28.3 Å². The molecule has 1 aromatic carbocycles. The molecule has 2 heterocycles. The van der Waals surface area contributed by atoms with Gasteiger partial charge in [-0.2, -0.15) is 0 Å². The summed E-state index contributed by atoms with van der Waals surface area (Å²) in [7, 11) is -3.75. The van der Waals surface area contributed by atoms with Gasteiger partial charge in [0, 0.05) is 24.3 Å². The fourth-order valence-electron chi connectivity index (χ4n) is 4.59. The van der Waals surface area contributed by atoms with Gasteiger partial charge in [0.25, 0.3) is 5.91 Å². The molecule has 0 unspecified atom stereocenters. The Kier molecular flexibility index (Phi) is 8.72. The van der Waals surface area contributed by atoms with Gasteiger partial charge in [-0.05, 0) is 96.0 Å². The molecule has 1 aromatic heterocycles. The zero-order chi connectivity index (χ0) is 27.1. The number of amides is 1. The number of hydrogen-bond acceptors (Lipinski definition) is 7. The number of carbonyl (C=O) groups excluding carboxylic acids is 1. The summed E-state index contributed by atoms with van der Waals surface area (Å²) < 4.78 is 28.2. The predicted molar refractivity (Wildman–Crippen MR) is 154 cm³/mol. The highest BCUT2D eigenvalue weighted by Crippen LogP contribution is 2.54. The molecule has 2 aliphatic rings. The molecule has 1 saturated heterocycles. The molecular formula is C27H40ClN5O4S. The molecule has 2 aromatic rings. The number of anilines is 3. The summed E-state index contributed by atoms with van der Waals surface area (Å²) in [5.41, 5.74) is 0.0703. The number of aliphatic hydroxyl groups is 1. The van der Waals surface area contributed by atoms with Crippen molar-refractivity contribution in [2.45, 2.75) is 76.3 Å². The molecule has 11 heteroatoms. The average Bonchev–Trinajstić information content (AvgIpc) is 3.56. The van der Waals surface area contributed by atoms with E-state index in [1.807, 2.05) is 13.8 Å². The zero-order valence-corrected chi connectivity index (χ0v) is 24.4. The Labute approximate surface area is 232 Å². The highest BCUT2D eigenvalue weighted by molar-refractivity contribution is 7.89. The molecule has 9 nitrogen and oxygen atoms in total. The van der Waals surface area contributed by atoms with Gasteiger partial charge in [-0.15, -0.1) is 12.4 Å². The fraction of sp³-hybridized carbons (Fsp3) is 0.556. The Morgan fingerprint density at radius 1 is 1.05 bits per heavy atom. The number of nitrogens with one attached hydrogen (secondary N) is 3. The largest absolute Gasteiger partial charge is 0.394 e. The molecule has 0 bridgehead atoms. The van der Waals surface area contributed by atoms with Crippen molar-refractivity contribution in [1.82, 2.24) is 9.71 Å². The summed E-state index contributed by atoms with van der Waals surface area (Å²) in [4.78, 5) is 20.5. The van der Waals surface area contributed by atoms with Gasteiger partial charge in [-0.3, -0.25) is 4.79 Å². The highest BCUT2D eigenvalue weighted by Gasteiger charge is 2.45. The second-order valence-corrected chi connectivity index (χ2v) is 13.7. The van der Waals surface area contributed by atoms with Crippen LogP contribution in [0.2, 0.25) is 0 Å². The van der Waals surface area contributed by atoms with Gasteiger partial charge < -0.3 is 20.6 Å². The summed E-state index contributed by atoms with van der Waals surface area (Å²) in [5.74, 6) is 0.809. The lowest BCUT2D eigenvalue weighted by Gasteiger charge is -2.34. The number of hydrogen-bond donors (Lipinski definition) is 4. The first kappa shape index (κ1) is 30.1. The van der Waals surface area contributed by atoms with Gasteiger partial charge in [0.2, 0.25) is 10.0 Å². The van der Waals surface area contributed by atoms with E-state index in [0.717, 1.165) is 25.9 Å². The van der Waals surface area contributed by atoms with Gasteiger partial charge in [0.05, 0.1) is 22.6 Å². The van der Waals surface area contributed by atoms with Crippen molar-refractivity contribution in [2.75, 3.05) is 35.2 Å². The molecule has 1 aliphatic carbocycles. The van der Waals surface area contributed by atoms with Crippen molar-refractivity contribution in [3.05, 3.63) is 42.0 Å². The van der Waals surface area contributed by atoms with E-state index < -0.39 is 21.1 Å². The highest BCUT2D eigenvalue weighted by atomic mass is 35.5. The van der Waals surface area contributed by atoms with Crippen LogP contribution >= 0.6 is 12.4 Å². The minimum atomic E-state index is -3.75. The van der Waals surface area contributed by atoms with Gasteiger partial charge in [-0.25, -0.2) is 18.1 Å². The molecule has 4 N–H and O–H groups in total. The van der Waals surface area contributed by atoms with Gasteiger partial charge >= 0.3 is 0 Å². The molecule has 1 spiro atoms. The smallest absolute Gasteiger partial charge is 0.259 e. The Bertz CT molecular complexity index is 1260. The summed E-state index contributed by atoms with van der Waals surface area (Å²) in [6, 6.07) is 9.69. The van der Waals surface area contributed by atoms with Crippen LogP contribution < -0.4 is 20.3 Å². The van der Waals surface area contributed by atoms with Crippen LogP contribution in [-0.2, 0) is 10.0 Å². The standard InChI is InChI=1S/C27H39N5O4S.ClH/c1-25(2,3)31-37(35,36)20-8-6-7-19(17-20)28-24(34)21-9-10-22(30-26(4,5)18-33)29-23(21)32-15-13-27(11-12-27)14-16-32;/h6-10,17,31,33H,11-16,18H2,1-5H3,(H,28,34)(H,29,30);1H. The molecule has 1 aliphatic heterocycles. The number of aliphatic hydroxyl groups excluding tert-OH is 1. The van der Waals surface area contributed by atoms with Crippen molar-refractivity contribution in [3.63, 3.8) is 0 Å². The third kappa shape index (κ3) is 7.37. The van der Waals surface area contributed by atoms with Crippen LogP contribution in [0.4, 0.5) is 17.3 Å². The molecule has 1 amide bonds. The van der Waals surface area contributed by atoms with Crippen LogP contribution in [0.1, 0.15) is 70.7 Å².